The molecule has 8 heteroatoms. The van der Waals surface area contributed by atoms with Crippen LogP contribution in [-0.2, 0) is 6.42 Å². The number of anilines is 2. The number of nitrogens with two attached hydrogens (primary N) is 1. The number of primary amides is 1. The second-order valence-electron chi connectivity index (χ2n) is 4.43. The molecule has 2 aromatic heterocycles. The number of aryl methyl sites for hydroxylation is 1. The van der Waals surface area contributed by atoms with Gasteiger partial charge in [0.05, 0.1) is 5.39 Å². The Kier molecular flexibility index (Phi) is 5.15. The topological polar surface area (TPSA) is 105 Å². The molecular weight excluding hydrogens is 288 g/mol. The molecule has 0 saturated carbocycles. The van der Waals surface area contributed by atoms with Crippen LogP contribution in [0, 0.1) is 0 Å². The number of urea groups is 1. The van der Waals surface area contributed by atoms with Crippen LogP contribution in [0.2, 0.25) is 0 Å². The van der Waals surface area contributed by atoms with E-state index in [9.17, 15) is 4.79 Å². The molecule has 7 nitrogen and oxygen atoms in total. The first-order valence-electron chi connectivity index (χ1n) is 6.95. The average molecular weight is 308 g/mol. The summed E-state index contributed by atoms with van der Waals surface area (Å²) in [7, 11) is 0. The van der Waals surface area contributed by atoms with Gasteiger partial charge in [-0.15, -0.1) is 11.3 Å². The van der Waals surface area contributed by atoms with Crippen molar-refractivity contribution < 1.29 is 4.79 Å². The first-order chi connectivity index (χ1) is 10.1. The van der Waals surface area contributed by atoms with E-state index in [1.165, 1.54) is 4.88 Å². The first-order valence-corrected chi connectivity index (χ1v) is 7.77. The van der Waals surface area contributed by atoms with Gasteiger partial charge < -0.3 is 21.7 Å². The zero-order chi connectivity index (χ0) is 15.2. The molecule has 0 aliphatic rings. The van der Waals surface area contributed by atoms with Gasteiger partial charge in [-0.3, -0.25) is 0 Å². The van der Waals surface area contributed by atoms with E-state index >= 15 is 0 Å². The molecule has 0 unspecified atom stereocenters. The zero-order valence-electron chi connectivity index (χ0n) is 12.2. The molecule has 2 rings (SSSR count). The molecule has 0 atom stereocenters. The van der Waals surface area contributed by atoms with E-state index in [2.05, 4.69) is 38.9 Å². The van der Waals surface area contributed by atoms with Crippen LogP contribution in [0.1, 0.15) is 18.7 Å². The molecule has 2 aromatic rings. The zero-order valence-corrected chi connectivity index (χ0v) is 13.0. The van der Waals surface area contributed by atoms with E-state index in [1.54, 1.807) is 11.3 Å². The number of amides is 2. The molecule has 2 heterocycles. The third-order valence-corrected chi connectivity index (χ3v) is 4.02. The Bertz CT molecular complexity index is 626. The van der Waals surface area contributed by atoms with Crippen molar-refractivity contribution >= 4 is 39.4 Å². The Morgan fingerprint density at radius 3 is 2.76 bits per heavy atom. The molecule has 5 N–H and O–H groups in total. The number of hydrogen-bond donors (Lipinski definition) is 4. The summed E-state index contributed by atoms with van der Waals surface area (Å²) < 4.78 is 0. The molecular formula is C13H20N6OS. The third kappa shape index (κ3) is 3.94. The van der Waals surface area contributed by atoms with E-state index < -0.39 is 6.03 Å². The number of aromatic nitrogens is 2. The Hall–Kier alpha value is -2.09. The maximum absolute atomic E-state index is 10.7. The van der Waals surface area contributed by atoms with Gasteiger partial charge in [-0.1, -0.05) is 6.92 Å². The molecule has 0 aliphatic carbocycles. The number of carbonyl (C=O) groups is 1. The molecule has 0 spiro atoms. The second kappa shape index (κ2) is 7.07. The van der Waals surface area contributed by atoms with Crippen LogP contribution < -0.4 is 21.7 Å². The van der Waals surface area contributed by atoms with Crippen LogP contribution in [0.4, 0.5) is 16.6 Å². The Morgan fingerprint density at radius 1 is 1.29 bits per heavy atom. The lowest BCUT2D eigenvalue weighted by molar-refractivity contribution is 0.249. The predicted octanol–water partition coefficient (Wildman–Crippen LogP) is 1.77. The number of hydrogen-bond acceptors (Lipinski definition) is 6. The lowest BCUT2D eigenvalue weighted by atomic mass is 10.3. The smallest absolute Gasteiger partial charge is 0.312 e. The highest BCUT2D eigenvalue weighted by Crippen LogP contribution is 2.30. The van der Waals surface area contributed by atoms with Crippen LogP contribution in [0.15, 0.2) is 6.07 Å². The van der Waals surface area contributed by atoms with Crippen LogP contribution in [0.3, 0.4) is 0 Å². The minimum absolute atomic E-state index is 0.447. The van der Waals surface area contributed by atoms with Crippen LogP contribution in [0.5, 0.6) is 0 Å². The minimum Gasteiger partial charge on any atom is -0.368 e. The van der Waals surface area contributed by atoms with Crippen LogP contribution in [-0.4, -0.2) is 35.6 Å². The van der Waals surface area contributed by atoms with Crippen molar-refractivity contribution in [3.63, 3.8) is 0 Å². The summed E-state index contributed by atoms with van der Waals surface area (Å²) in [5, 5.41) is 9.91. The van der Waals surface area contributed by atoms with Crippen molar-refractivity contribution in [1.82, 2.24) is 15.3 Å². The summed E-state index contributed by atoms with van der Waals surface area (Å²) in [6.45, 7) is 5.89. The van der Waals surface area contributed by atoms with E-state index in [0.29, 0.717) is 19.0 Å². The SMILES string of the molecule is CCNc1nc(NCCNC(N)=O)c2cc(CC)sc2n1. The first kappa shape index (κ1) is 15.3. The number of nitrogens with zero attached hydrogens (tertiary/aromatic N) is 2. The van der Waals surface area contributed by atoms with Gasteiger partial charge in [-0.25, -0.2) is 9.78 Å². The van der Waals surface area contributed by atoms with E-state index in [0.717, 1.165) is 29.0 Å². The Balaban J connectivity index is 2.21. The van der Waals surface area contributed by atoms with Crippen molar-refractivity contribution in [2.24, 2.45) is 5.73 Å². The summed E-state index contributed by atoms with van der Waals surface area (Å²) in [5.41, 5.74) is 5.04. The number of thiophene rings is 1. The molecule has 2 amide bonds. The highest BCUT2D eigenvalue weighted by atomic mass is 32.1. The van der Waals surface area contributed by atoms with Gasteiger partial charge in [0.25, 0.3) is 0 Å². The van der Waals surface area contributed by atoms with Crippen molar-refractivity contribution in [2.75, 3.05) is 30.3 Å². The maximum Gasteiger partial charge on any atom is 0.312 e. The fraction of sp³-hybridized carbons (Fsp3) is 0.462. The van der Waals surface area contributed by atoms with Crippen molar-refractivity contribution in [3.05, 3.63) is 10.9 Å². The fourth-order valence-corrected chi connectivity index (χ4v) is 2.85. The number of nitrogens with one attached hydrogen (secondary N) is 3. The van der Waals surface area contributed by atoms with Gasteiger partial charge >= 0.3 is 6.03 Å². The van der Waals surface area contributed by atoms with Gasteiger partial charge in [0, 0.05) is 24.5 Å². The normalized spacial score (nSPS) is 10.6. The summed E-state index contributed by atoms with van der Waals surface area (Å²) in [6.07, 6.45) is 0.972. The molecule has 0 saturated heterocycles. The molecule has 0 fully saturated rings. The summed E-state index contributed by atoms with van der Waals surface area (Å²) >= 11 is 1.67. The monoisotopic (exact) mass is 308 g/mol. The van der Waals surface area contributed by atoms with Gasteiger partial charge in [-0.2, -0.15) is 4.98 Å². The lowest BCUT2D eigenvalue weighted by Crippen LogP contribution is -2.33. The number of rotatable bonds is 7. The standard InChI is InChI=1S/C13H20N6OS/c1-3-8-7-9-10(16-5-6-17-12(14)20)18-13(15-4-2)19-11(9)21-8/h7H,3-6H2,1-2H3,(H3,14,17,20)(H2,15,16,18,19). The summed E-state index contributed by atoms with van der Waals surface area (Å²) in [6, 6.07) is 1.58. The number of carbonyl (C=O) groups excluding carboxylic acids is 1. The van der Waals surface area contributed by atoms with Gasteiger partial charge in [0.2, 0.25) is 5.95 Å². The number of fused-ring (bicyclic) bond motifs is 1. The highest BCUT2D eigenvalue weighted by Gasteiger charge is 2.10. The predicted molar refractivity (Wildman–Crippen MR) is 87.0 cm³/mol. The molecule has 0 radical (unpaired) electrons. The second-order valence-corrected chi connectivity index (χ2v) is 5.54. The minimum atomic E-state index is -0.526. The van der Waals surface area contributed by atoms with Gasteiger partial charge in [0.1, 0.15) is 10.6 Å². The third-order valence-electron chi connectivity index (χ3n) is 2.84. The van der Waals surface area contributed by atoms with Crippen molar-refractivity contribution in [2.45, 2.75) is 20.3 Å². The lowest BCUT2D eigenvalue weighted by Gasteiger charge is -2.09. The molecule has 0 aliphatic heterocycles. The highest BCUT2D eigenvalue weighted by molar-refractivity contribution is 7.18. The average Bonchev–Trinajstić information content (AvgIpc) is 2.86. The summed E-state index contributed by atoms with van der Waals surface area (Å²) in [4.78, 5) is 21.9. The van der Waals surface area contributed by atoms with Crippen LogP contribution >= 0.6 is 11.3 Å². The molecule has 0 aromatic carbocycles. The van der Waals surface area contributed by atoms with Gasteiger partial charge in [0.15, 0.2) is 0 Å². The van der Waals surface area contributed by atoms with Crippen molar-refractivity contribution in [1.29, 1.82) is 0 Å². The fourth-order valence-electron chi connectivity index (χ4n) is 1.88. The summed E-state index contributed by atoms with van der Waals surface area (Å²) in [5.74, 6) is 1.39. The van der Waals surface area contributed by atoms with E-state index in [4.69, 9.17) is 5.73 Å². The quantitative estimate of drug-likeness (QED) is 0.583. The molecule has 114 valence electrons. The molecule has 0 bridgehead atoms. The Morgan fingerprint density at radius 2 is 2.10 bits per heavy atom. The van der Waals surface area contributed by atoms with E-state index in [1.807, 2.05) is 6.92 Å². The van der Waals surface area contributed by atoms with Crippen molar-refractivity contribution in [3.8, 4) is 0 Å². The maximum atomic E-state index is 10.7. The largest absolute Gasteiger partial charge is 0.368 e. The molecule has 21 heavy (non-hydrogen) atoms. The van der Waals surface area contributed by atoms with E-state index in [-0.39, 0.29) is 0 Å². The van der Waals surface area contributed by atoms with Gasteiger partial charge in [-0.05, 0) is 19.4 Å². The Labute approximate surface area is 127 Å². The van der Waals surface area contributed by atoms with Crippen LogP contribution in [0.25, 0.3) is 10.2 Å².